The smallest absolute Gasteiger partial charge is 0.277 e. The summed E-state index contributed by atoms with van der Waals surface area (Å²) in [6, 6.07) is 16.6. The summed E-state index contributed by atoms with van der Waals surface area (Å²) in [5.74, 6) is 0.514. The summed E-state index contributed by atoms with van der Waals surface area (Å²) in [5, 5.41) is 8.98. The largest absolute Gasteiger partial charge is 0.411 e. The van der Waals surface area contributed by atoms with E-state index in [0.717, 1.165) is 11.3 Å². The number of anilines is 1. The SMILES string of the molecule is C=CCN(C(=O)CSc1nnc(-c2ccc(Cl)cc2)o1)c1ccccc1. The number of carbonyl (C=O) groups is 1. The molecule has 0 unspecified atom stereocenters. The van der Waals surface area contributed by atoms with Crippen molar-refractivity contribution in [2.24, 2.45) is 0 Å². The number of carbonyl (C=O) groups excluding carboxylic acids is 1. The normalized spacial score (nSPS) is 10.5. The zero-order valence-electron chi connectivity index (χ0n) is 13.8. The van der Waals surface area contributed by atoms with E-state index in [0.29, 0.717) is 22.7 Å². The number of para-hydroxylation sites is 1. The highest BCUT2D eigenvalue weighted by Crippen LogP contribution is 2.25. The molecule has 0 spiro atoms. The van der Waals surface area contributed by atoms with Crippen LogP contribution >= 0.6 is 23.4 Å². The zero-order valence-corrected chi connectivity index (χ0v) is 15.4. The van der Waals surface area contributed by atoms with Crippen LogP contribution in [0.5, 0.6) is 0 Å². The van der Waals surface area contributed by atoms with Crippen molar-refractivity contribution in [1.29, 1.82) is 0 Å². The molecule has 0 radical (unpaired) electrons. The van der Waals surface area contributed by atoms with Crippen molar-refractivity contribution in [1.82, 2.24) is 10.2 Å². The second-order valence-electron chi connectivity index (χ2n) is 5.30. The maximum absolute atomic E-state index is 12.6. The molecule has 5 nitrogen and oxygen atoms in total. The molecule has 0 aliphatic heterocycles. The molecule has 0 saturated carbocycles. The number of hydrogen-bond acceptors (Lipinski definition) is 5. The zero-order chi connectivity index (χ0) is 18.4. The van der Waals surface area contributed by atoms with Gasteiger partial charge in [-0.1, -0.05) is 47.6 Å². The van der Waals surface area contributed by atoms with Gasteiger partial charge >= 0.3 is 0 Å². The van der Waals surface area contributed by atoms with Crippen LogP contribution in [0.25, 0.3) is 11.5 Å². The number of benzene rings is 2. The van der Waals surface area contributed by atoms with Gasteiger partial charge in [0, 0.05) is 22.8 Å². The number of halogens is 1. The molecule has 1 heterocycles. The topological polar surface area (TPSA) is 59.2 Å². The second kappa shape index (κ2) is 8.69. The molecular formula is C19H16ClN3O2S. The van der Waals surface area contributed by atoms with Crippen LogP contribution in [0.4, 0.5) is 5.69 Å². The Morgan fingerprint density at radius 2 is 1.88 bits per heavy atom. The Labute approximate surface area is 160 Å². The van der Waals surface area contributed by atoms with Gasteiger partial charge in [0.05, 0.1) is 5.75 Å². The van der Waals surface area contributed by atoms with Crippen molar-refractivity contribution in [3.8, 4) is 11.5 Å². The Hall–Kier alpha value is -2.57. The van der Waals surface area contributed by atoms with E-state index in [1.807, 2.05) is 30.3 Å². The van der Waals surface area contributed by atoms with Crippen LogP contribution in [-0.2, 0) is 4.79 Å². The van der Waals surface area contributed by atoms with Crippen molar-refractivity contribution in [3.63, 3.8) is 0 Å². The lowest BCUT2D eigenvalue weighted by atomic mass is 10.2. The van der Waals surface area contributed by atoms with Gasteiger partial charge in [-0.05, 0) is 36.4 Å². The molecule has 0 bridgehead atoms. The summed E-state index contributed by atoms with van der Waals surface area (Å²) in [4.78, 5) is 14.2. The predicted molar refractivity (Wildman–Crippen MR) is 104 cm³/mol. The van der Waals surface area contributed by atoms with Gasteiger partial charge in [0.25, 0.3) is 5.22 Å². The molecule has 0 aliphatic rings. The van der Waals surface area contributed by atoms with Crippen molar-refractivity contribution in [3.05, 3.63) is 72.3 Å². The Kier molecular flexibility index (Phi) is 6.09. The van der Waals surface area contributed by atoms with E-state index in [1.165, 1.54) is 11.8 Å². The van der Waals surface area contributed by atoms with E-state index >= 15 is 0 Å². The summed E-state index contributed by atoms with van der Waals surface area (Å²) in [5.41, 5.74) is 1.60. The lowest BCUT2D eigenvalue weighted by Crippen LogP contribution is -2.32. The maximum atomic E-state index is 12.6. The quantitative estimate of drug-likeness (QED) is 0.435. The Morgan fingerprint density at radius 1 is 1.15 bits per heavy atom. The fraction of sp³-hybridized carbons (Fsp3) is 0.105. The molecule has 2 aromatic carbocycles. The minimum atomic E-state index is -0.0626. The summed E-state index contributed by atoms with van der Waals surface area (Å²) >= 11 is 7.08. The monoisotopic (exact) mass is 385 g/mol. The highest BCUT2D eigenvalue weighted by atomic mass is 35.5. The standard InChI is InChI=1S/C19H16ClN3O2S/c1-2-12-23(16-6-4-3-5-7-16)17(24)13-26-19-22-21-18(25-19)14-8-10-15(20)11-9-14/h2-11H,1,12-13H2. The van der Waals surface area contributed by atoms with Gasteiger partial charge in [-0.25, -0.2) is 0 Å². The van der Waals surface area contributed by atoms with Gasteiger partial charge in [-0.2, -0.15) is 0 Å². The molecular weight excluding hydrogens is 370 g/mol. The van der Waals surface area contributed by atoms with E-state index in [-0.39, 0.29) is 11.7 Å². The maximum Gasteiger partial charge on any atom is 0.277 e. The van der Waals surface area contributed by atoms with E-state index in [9.17, 15) is 4.79 Å². The molecule has 132 valence electrons. The third-order valence-electron chi connectivity index (χ3n) is 3.50. The number of hydrogen-bond donors (Lipinski definition) is 0. The molecule has 1 aromatic heterocycles. The van der Waals surface area contributed by atoms with Gasteiger partial charge in [-0.3, -0.25) is 4.79 Å². The first kappa shape index (κ1) is 18.2. The molecule has 0 aliphatic carbocycles. The van der Waals surface area contributed by atoms with E-state index in [1.54, 1.807) is 35.2 Å². The first-order chi connectivity index (χ1) is 12.7. The van der Waals surface area contributed by atoms with Crippen LogP contribution in [0.2, 0.25) is 5.02 Å². The highest BCUT2D eigenvalue weighted by molar-refractivity contribution is 7.99. The average molecular weight is 386 g/mol. The van der Waals surface area contributed by atoms with Gasteiger partial charge in [-0.15, -0.1) is 16.8 Å². The fourth-order valence-corrected chi connectivity index (χ4v) is 3.03. The molecule has 0 saturated heterocycles. The second-order valence-corrected chi connectivity index (χ2v) is 6.66. The summed E-state index contributed by atoms with van der Waals surface area (Å²) in [7, 11) is 0. The van der Waals surface area contributed by atoms with Crippen LogP contribution in [0, 0.1) is 0 Å². The Balaban J connectivity index is 1.65. The first-order valence-corrected chi connectivity index (χ1v) is 9.22. The third kappa shape index (κ3) is 4.53. The lowest BCUT2D eigenvalue weighted by molar-refractivity contribution is -0.116. The minimum absolute atomic E-state index is 0.0626. The van der Waals surface area contributed by atoms with Gasteiger partial charge in [0.15, 0.2) is 0 Å². The molecule has 26 heavy (non-hydrogen) atoms. The van der Waals surface area contributed by atoms with Crippen LogP contribution in [0.3, 0.4) is 0 Å². The number of aromatic nitrogens is 2. The van der Waals surface area contributed by atoms with Gasteiger partial charge in [0.1, 0.15) is 0 Å². The molecule has 3 aromatic rings. The van der Waals surface area contributed by atoms with Gasteiger partial charge in [0.2, 0.25) is 11.8 Å². The summed E-state index contributed by atoms with van der Waals surface area (Å²) < 4.78 is 5.61. The number of amides is 1. The number of nitrogens with zero attached hydrogens (tertiary/aromatic N) is 3. The lowest BCUT2D eigenvalue weighted by Gasteiger charge is -2.20. The van der Waals surface area contributed by atoms with Crippen molar-refractivity contribution < 1.29 is 9.21 Å². The summed E-state index contributed by atoms with van der Waals surface area (Å²) in [6.07, 6.45) is 1.70. The summed E-state index contributed by atoms with van der Waals surface area (Å²) in [6.45, 7) is 4.15. The van der Waals surface area contributed by atoms with Crippen LogP contribution in [0.1, 0.15) is 0 Å². The Bertz CT molecular complexity index is 881. The number of rotatable bonds is 7. The van der Waals surface area contributed by atoms with Gasteiger partial charge < -0.3 is 9.32 Å². The Morgan fingerprint density at radius 3 is 2.58 bits per heavy atom. The van der Waals surface area contributed by atoms with E-state index in [2.05, 4.69) is 16.8 Å². The minimum Gasteiger partial charge on any atom is -0.411 e. The fourth-order valence-electron chi connectivity index (χ4n) is 2.27. The molecule has 0 fully saturated rings. The van der Waals surface area contributed by atoms with Crippen LogP contribution in [-0.4, -0.2) is 28.4 Å². The van der Waals surface area contributed by atoms with Crippen molar-refractivity contribution in [2.75, 3.05) is 17.2 Å². The predicted octanol–water partition coefficient (Wildman–Crippen LogP) is 4.70. The van der Waals surface area contributed by atoms with Crippen molar-refractivity contribution in [2.45, 2.75) is 5.22 Å². The van der Waals surface area contributed by atoms with Crippen molar-refractivity contribution >= 4 is 35.0 Å². The molecule has 0 atom stereocenters. The molecule has 1 amide bonds. The van der Waals surface area contributed by atoms with E-state index in [4.69, 9.17) is 16.0 Å². The number of thioether (sulfide) groups is 1. The van der Waals surface area contributed by atoms with Crippen LogP contribution < -0.4 is 4.90 Å². The van der Waals surface area contributed by atoms with Crippen LogP contribution in [0.15, 0.2) is 76.9 Å². The average Bonchev–Trinajstić information content (AvgIpc) is 3.14. The molecule has 7 heteroatoms. The highest BCUT2D eigenvalue weighted by Gasteiger charge is 2.17. The first-order valence-electron chi connectivity index (χ1n) is 7.86. The molecule has 3 rings (SSSR count). The van der Waals surface area contributed by atoms with E-state index < -0.39 is 0 Å². The third-order valence-corrected chi connectivity index (χ3v) is 4.55. The molecule has 0 N–H and O–H groups in total.